The predicted octanol–water partition coefficient (Wildman–Crippen LogP) is 3.06. The minimum Gasteiger partial charge on any atom is -0.355 e. The molecule has 0 radical (unpaired) electrons. The first-order chi connectivity index (χ1) is 14.6. The Morgan fingerprint density at radius 3 is 2.52 bits per heavy atom. The molecular formula is C18H17F5N8. The van der Waals surface area contributed by atoms with Gasteiger partial charge in [-0.15, -0.1) is 5.10 Å². The molecule has 5 heterocycles. The number of hydrogen-bond donors (Lipinski definition) is 0. The Kier molecular flexibility index (Phi) is 4.28. The van der Waals surface area contributed by atoms with Crippen molar-refractivity contribution < 1.29 is 22.0 Å². The van der Waals surface area contributed by atoms with Crippen LogP contribution in [-0.4, -0.2) is 55.9 Å². The molecule has 1 spiro atoms. The van der Waals surface area contributed by atoms with Crippen molar-refractivity contribution >= 4 is 22.8 Å². The van der Waals surface area contributed by atoms with Crippen LogP contribution in [0.4, 0.5) is 33.7 Å². The second-order valence-corrected chi connectivity index (χ2v) is 8.02. The zero-order chi connectivity index (χ0) is 22.0. The zero-order valence-electron chi connectivity index (χ0n) is 16.3. The van der Waals surface area contributed by atoms with Gasteiger partial charge in [-0.25, -0.2) is 19.6 Å². The first-order valence-electron chi connectivity index (χ1n) is 9.55. The normalized spacial score (nSPS) is 18.4. The molecule has 13 heteroatoms. The lowest BCUT2D eigenvalue weighted by Crippen LogP contribution is -2.58. The van der Waals surface area contributed by atoms with E-state index in [1.807, 2.05) is 9.80 Å². The molecule has 2 aliphatic heterocycles. The molecule has 0 aromatic carbocycles. The number of hydrogen-bond acceptors (Lipinski definition) is 7. The summed E-state index contributed by atoms with van der Waals surface area (Å²) >= 11 is 0. The quantitative estimate of drug-likeness (QED) is 0.580. The molecule has 164 valence electrons. The standard InChI is InChI=1S/C18H17F5N8/c1-10-25-12(18(21,22)23)4-13(26-10)30-8-17(9-30)2-3-29(7-17)16-24-5-11-6-31(15(19)20)28-14(11)27-16/h4-6,15H,2-3,7-9H2,1H3. The summed E-state index contributed by atoms with van der Waals surface area (Å²) in [5.74, 6) is 0.738. The van der Waals surface area contributed by atoms with E-state index < -0.39 is 18.4 Å². The van der Waals surface area contributed by atoms with Crippen molar-refractivity contribution in [2.75, 3.05) is 36.0 Å². The topological polar surface area (TPSA) is 75.9 Å². The molecule has 0 amide bonds. The van der Waals surface area contributed by atoms with E-state index in [-0.39, 0.29) is 22.7 Å². The molecular weight excluding hydrogens is 423 g/mol. The average molecular weight is 440 g/mol. The van der Waals surface area contributed by atoms with Crippen LogP contribution >= 0.6 is 0 Å². The third-order valence-corrected chi connectivity index (χ3v) is 5.68. The number of fused-ring (bicyclic) bond motifs is 1. The fraction of sp³-hybridized carbons (Fsp3) is 0.500. The monoisotopic (exact) mass is 440 g/mol. The SMILES string of the molecule is Cc1nc(N2CC3(CCN(c4ncc5cn(C(F)F)nc5n4)C3)C2)cc(C(F)(F)F)n1. The van der Waals surface area contributed by atoms with Gasteiger partial charge in [0.15, 0.2) is 5.65 Å². The number of anilines is 2. The second-order valence-electron chi connectivity index (χ2n) is 8.02. The number of rotatable bonds is 3. The molecule has 0 N–H and O–H groups in total. The number of nitrogens with zero attached hydrogens (tertiary/aromatic N) is 8. The summed E-state index contributed by atoms with van der Waals surface area (Å²) in [5, 5.41) is 4.20. The summed E-state index contributed by atoms with van der Waals surface area (Å²) in [6.07, 6.45) is -1.06. The van der Waals surface area contributed by atoms with Crippen LogP contribution in [0.3, 0.4) is 0 Å². The van der Waals surface area contributed by atoms with Crippen LogP contribution in [0, 0.1) is 12.3 Å². The van der Waals surface area contributed by atoms with E-state index in [1.54, 1.807) is 0 Å². The predicted molar refractivity (Wildman–Crippen MR) is 99.8 cm³/mol. The highest BCUT2D eigenvalue weighted by atomic mass is 19.4. The van der Waals surface area contributed by atoms with Crippen molar-refractivity contribution in [2.24, 2.45) is 5.41 Å². The zero-order valence-corrected chi connectivity index (χ0v) is 16.3. The third kappa shape index (κ3) is 3.51. The van der Waals surface area contributed by atoms with E-state index in [1.165, 1.54) is 19.3 Å². The van der Waals surface area contributed by atoms with Gasteiger partial charge in [-0.1, -0.05) is 0 Å². The van der Waals surface area contributed by atoms with Gasteiger partial charge in [0.2, 0.25) is 5.95 Å². The molecule has 3 aromatic heterocycles. The first kappa shape index (κ1) is 19.8. The van der Waals surface area contributed by atoms with Gasteiger partial charge in [-0.05, 0) is 13.3 Å². The minimum absolute atomic E-state index is 0.0729. The fourth-order valence-corrected chi connectivity index (χ4v) is 4.23. The van der Waals surface area contributed by atoms with Crippen molar-refractivity contribution in [1.82, 2.24) is 29.7 Å². The lowest BCUT2D eigenvalue weighted by Gasteiger charge is -2.48. The molecule has 0 aliphatic carbocycles. The summed E-state index contributed by atoms with van der Waals surface area (Å²) < 4.78 is 65.3. The van der Waals surface area contributed by atoms with E-state index in [4.69, 9.17) is 0 Å². The Hall–Kier alpha value is -3.12. The molecule has 2 fully saturated rings. The van der Waals surface area contributed by atoms with Crippen molar-refractivity contribution in [3.05, 3.63) is 30.0 Å². The van der Waals surface area contributed by atoms with Gasteiger partial charge >= 0.3 is 12.7 Å². The minimum atomic E-state index is -4.53. The number of aromatic nitrogens is 6. The van der Waals surface area contributed by atoms with E-state index in [0.717, 1.165) is 12.5 Å². The van der Waals surface area contributed by atoms with Gasteiger partial charge in [-0.2, -0.15) is 26.9 Å². The third-order valence-electron chi connectivity index (χ3n) is 5.68. The van der Waals surface area contributed by atoms with Crippen LogP contribution in [0.1, 0.15) is 24.5 Å². The van der Waals surface area contributed by atoms with Crippen LogP contribution in [0.25, 0.3) is 11.0 Å². The van der Waals surface area contributed by atoms with Gasteiger partial charge in [0.1, 0.15) is 17.3 Å². The Morgan fingerprint density at radius 2 is 1.81 bits per heavy atom. The highest BCUT2D eigenvalue weighted by molar-refractivity contribution is 5.74. The molecule has 5 rings (SSSR count). The summed E-state index contributed by atoms with van der Waals surface area (Å²) in [7, 11) is 0. The maximum Gasteiger partial charge on any atom is 0.433 e. The van der Waals surface area contributed by atoms with E-state index in [9.17, 15) is 22.0 Å². The Morgan fingerprint density at radius 1 is 1.06 bits per heavy atom. The van der Waals surface area contributed by atoms with Gasteiger partial charge in [-0.3, -0.25) is 0 Å². The molecule has 2 saturated heterocycles. The second kappa shape index (κ2) is 6.69. The van der Waals surface area contributed by atoms with Crippen molar-refractivity contribution in [3.63, 3.8) is 0 Å². The van der Waals surface area contributed by atoms with Crippen LogP contribution in [0.2, 0.25) is 0 Å². The Balaban J connectivity index is 1.30. The van der Waals surface area contributed by atoms with Crippen molar-refractivity contribution in [1.29, 1.82) is 0 Å². The van der Waals surface area contributed by atoms with Gasteiger partial charge < -0.3 is 9.80 Å². The van der Waals surface area contributed by atoms with Crippen molar-refractivity contribution in [2.45, 2.75) is 26.1 Å². The highest BCUT2D eigenvalue weighted by Crippen LogP contribution is 2.43. The average Bonchev–Trinajstić information content (AvgIpc) is 3.30. The largest absolute Gasteiger partial charge is 0.433 e. The molecule has 0 bridgehead atoms. The lowest BCUT2D eigenvalue weighted by molar-refractivity contribution is -0.141. The van der Waals surface area contributed by atoms with Gasteiger partial charge in [0.25, 0.3) is 0 Å². The van der Waals surface area contributed by atoms with Crippen LogP contribution in [0.5, 0.6) is 0 Å². The van der Waals surface area contributed by atoms with E-state index in [0.29, 0.717) is 42.2 Å². The molecule has 0 atom stereocenters. The number of halogens is 5. The maximum atomic E-state index is 13.0. The first-order valence-corrected chi connectivity index (χ1v) is 9.55. The number of aryl methyl sites for hydroxylation is 1. The van der Waals surface area contributed by atoms with E-state index >= 15 is 0 Å². The van der Waals surface area contributed by atoms with Crippen molar-refractivity contribution in [3.8, 4) is 0 Å². The highest BCUT2D eigenvalue weighted by Gasteiger charge is 2.49. The maximum absolute atomic E-state index is 13.0. The summed E-state index contributed by atoms with van der Waals surface area (Å²) in [6, 6.07) is 0.975. The smallest absolute Gasteiger partial charge is 0.355 e. The van der Waals surface area contributed by atoms with Crippen LogP contribution in [-0.2, 0) is 6.18 Å². The van der Waals surface area contributed by atoms with Crippen LogP contribution in [0.15, 0.2) is 18.5 Å². The summed E-state index contributed by atoms with van der Waals surface area (Å²) in [6.45, 7) is 1.07. The molecule has 0 saturated carbocycles. The van der Waals surface area contributed by atoms with Gasteiger partial charge in [0, 0.05) is 50.1 Å². The fourth-order valence-electron chi connectivity index (χ4n) is 4.23. The Bertz CT molecular complexity index is 1140. The molecule has 2 aliphatic rings. The molecule has 8 nitrogen and oxygen atoms in total. The summed E-state index contributed by atoms with van der Waals surface area (Å²) in [5.41, 5.74) is -0.871. The molecule has 31 heavy (non-hydrogen) atoms. The summed E-state index contributed by atoms with van der Waals surface area (Å²) in [4.78, 5) is 20.0. The van der Waals surface area contributed by atoms with E-state index in [2.05, 4.69) is 25.0 Å². The number of alkyl halides is 5. The lowest BCUT2D eigenvalue weighted by atomic mass is 9.79. The van der Waals surface area contributed by atoms with Crippen LogP contribution < -0.4 is 9.80 Å². The Labute approximate surface area is 172 Å². The molecule has 3 aromatic rings. The molecule has 0 unspecified atom stereocenters. The van der Waals surface area contributed by atoms with Gasteiger partial charge in [0.05, 0.1) is 5.39 Å².